The van der Waals surface area contributed by atoms with Crippen molar-refractivity contribution in [2.45, 2.75) is 31.9 Å². The van der Waals surface area contributed by atoms with Crippen molar-refractivity contribution in [2.24, 2.45) is 5.73 Å². The van der Waals surface area contributed by atoms with Crippen molar-refractivity contribution in [1.29, 1.82) is 0 Å². The minimum Gasteiger partial charge on any atom is -0.395 e. The number of allylic oxidation sites excluding steroid dienone is 1. The van der Waals surface area contributed by atoms with Crippen LogP contribution >= 0.6 is 0 Å². The number of rotatable bonds is 5. The standard InChI is InChI=1S/C8H17NO2/c1-2-3-4-5-8(11)7(9)6-10/h4-5,7-8,10-11H,2-3,6,9H2,1H3/b5-4+/t7-,8+/m0/s1. The van der Waals surface area contributed by atoms with Gasteiger partial charge in [0.15, 0.2) is 0 Å². The molecule has 66 valence electrons. The Morgan fingerprint density at radius 3 is 2.64 bits per heavy atom. The van der Waals surface area contributed by atoms with Crippen LogP contribution in [0.3, 0.4) is 0 Å². The number of unbranched alkanes of at least 4 members (excludes halogenated alkanes) is 1. The highest BCUT2D eigenvalue weighted by Gasteiger charge is 2.08. The molecule has 0 rings (SSSR count). The van der Waals surface area contributed by atoms with Crippen LogP contribution in [-0.2, 0) is 0 Å². The monoisotopic (exact) mass is 159 g/mol. The highest BCUT2D eigenvalue weighted by atomic mass is 16.3. The van der Waals surface area contributed by atoms with Gasteiger partial charge in [-0.15, -0.1) is 0 Å². The number of aliphatic hydroxyl groups is 2. The molecule has 0 amide bonds. The number of hydrogen-bond donors (Lipinski definition) is 3. The highest BCUT2D eigenvalue weighted by molar-refractivity contribution is 4.93. The molecule has 0 bridgehead atoms. The minimum atomic E-state index is -0.716. The summed E-state index contributed by atoms with van der Waals surface area (Å²) >= 11 is 0. The maximum Gasteiger partial charge on any atom is 0.0894 e. The Labute approximate surface area is 67.5 Å². The van der Waals surface area contributed by atoms with E-state index in [0.29, 0.717) is 0 Å². The van der Waals surface area contributed by atoms with Gasteiger partial charge in [0, 0.05) is 0 Å². The quantitative estimate of drug-likeness (QED) is 0.495. The fourth-order valence-electron chi connectivity index (χ4n) is 0.653. The Kier molecular flexibility index (Phi) is 6.12. The van der Waals surface area contributed by atoms with Crippen LogP contribution < -0.4 is 5.73 Å². The summed E-state index contributed by atoms with van der Waals surface area (Å²) in [5.41, 5.74) is 5.35. The van der Waals surface area contributed by atoms with Gasteiger partial charge >= 0.3 is 0 Å². The zero-order chi connectivity index (χ0) is 8.69. The molecule has 0 saturated carbocycles. The summed E-state index contributed by atoms with van der Waals surface area (Å²) in [7, 11) is 0. The van der Waals surface area contributed by atoms with Crippen LogP contribution in [0.25, 0.3) is 0 Å². The van der Waals surface area contributed by atoms with Crippen LogP contribution in [0.1, 0.15) is 19.8 Å². The molecule has 0 unspecified atom stereocenters. The average Bonchev–Trinajstić information content (AvgIpc) is 2.03. The lowest BCUT2D eigenvalue weighted by Crippen LogP contribution is -2.36. The summed E-state index contributed by atoms with van der Waals surface area (Å²) in [5.74, 6) is 0. The van der Waals surface area contributed by atoms with Gasteiger partial charge in [-0.2, -0.15) is 0 Å². The van der Waals surface area contributed by atoms with Gasteiger partial charge in [0.05, 0.1) is 18.8 Å². The van der Waals surface area contributed by atoms with Crippen molar-refractivity contribution in [3.8, 4) is 0 Å². The van der Waals surface area contributed by atoms with Crippen LogP contribution in [0.5, 0.6) is 0 Å². The summed E-state index contributed by atoms with van der Waals surface area (Å²) < 4.78 is 0. The lowest BCUT2D eigenvalue weighted by atomic mass is 10.1. The molecule has 0 saturated heterocycles. The molecule has 0 aliphatic heterocycles. The maximum atomic E-state index is 9.17. The van der Waals surface area contributed by atoms with E-state index in [0.717, 1.165) is 12.8 Å². The summed E-state index contributed by atoms with van der Waals surface area (Å²) in [5, 5.41) is 17.7. The van der Waals surface area contributed by atoms with Crippen LogP contribution in [-0.4, -0.2) is 29.0 Å². The van der Waals surface area contributed by atoms with E-state index >= 15 is 0 Å². The molecule has 0 fully saturated rings. The Morgan fingerprint density at radius 2 is 2.18 bits per heavy atom. The molecule has 0 aliphatic carbocycles. The Bertz CT molecular complexity index is 115. The van der Waals surface area contributed by atoms with E-state index < -0.39 is 12.1 Å². The Hall–Kier alpha value is -0.380. The van der Waals surface area contributed by atoms with Gasteiger partial charge in [0.1, 0.15) is 0 Å². The predicted octanol–water partition coefficient (Wildman–Crippen LogP) is 0.0232. The Morgan fingerprint density at radius 1 is 1.55 bits per heavy atom. The van der Waals surface area contributed by atoms with E-state index in [9.17, 15) is 5.11 Å². The molecular weight excluding hydrogens is 142 g/mol. The molecule has 3 heteroatoms. The van der Waals surface area contributed by atoms with Crippen LogP contribution in [0, 0.1) is 0 Å². The summed E-state index contributed by atoms with van der Waals surface area (Å²) in [4.78, 5) is 0. The molecule has 0 aromatic carbocycles. The van der Waals surface area contributed by atoms with Crippen molar-refractivity contribution in [1.82, 2.24) is 0 Å². The average molecular weight is 159 g/mol. The highest BCUT2D eigenvalue weighted by Crippen LogP contribution is 1.95. The SMILES string of the molecule is CCC/C=C/[C@@H](O)[C@@H](N)CO. The summed E-state index contributed by atoms with van der Waals surface area (Å²) in [6.45, 7) is 1.88. The number of aliphatic hydroxyl groups excluding tert-OH is 2. The molecule has 2 atom stereocenters. The smallest absolute Gasteiger partial charge is 0.0894 e. The van der Waals surface area contributed by atoms with Crippen molar-refractivity contribution < 1.29 is 10.2 Å². The fourth-order valence-corrected chi connectivity index (χ4v) is 0.653. The van der Waals surface area contributed by atoms with E-state index in [1.807, 2.05) is 6.08 Å². The first-order chi connectivity index (χ1) is 5.22. The van der Waals surface area contributed by atoms with Gasteiger partial charge in [-0.25, -0.2) is 0 Å². The molecule has 3 nitrogen and oxygen atoms in total. The third kappa shape index (κ3) is 4.95. The molecule has 0 heterocycles. The molecule has 0 aromatic heterocycles. The van der Waals surface area contributed by atoms with Crippen molar-refractivity contribution in [3.05, 3.63) is 12.2 Å². The van der Waals surface area contributed by atoms with Crippen LogP contribution in [0.2, 0.25) is 0 Å². The topological polar surface area (TPSA) is 66.5 Å². The first-order valence-electron chi connectivity index (χ1n) is 3.93. The van der Waals surface area contributed by atoms with Gasteiger partial charge < -0.3 is 15.9 Å². The first-order valence-corrected chi connectivity index (χ1v) is 3.93. The first kappa shape index (κ1) is 10.6. The van der Waals surface area contributed by atoms with Crippen LogP contribution in [0.15, 0.2) is 12.2 Å². The molecule has 0 aliphatic rings. The lowest BCUT2D eigenvalue weighted by Gasteiger charge is -2.11. The minimum absolute atomic E-state index is 0.183. The number of hydrogen-bond acceptors (Lipinski definition) is 3. The third-order valence-corrected chi connectivity index (χ3v) is 1.44. The number of nitrogens with two attached hydrogens (primary N) is 1. The summed E-state index contributed by atoms with van der Waals surface area (Å²) in [6, 6.07) is -0.553. The zero-order valence-electron chi connectivity index (χ0n) is 6.90. The van der Waals surface area contributed by atoms with Gasteiger partial charge in [0.25, 0.3) is 0 Å². The van der Waals surface area contributed by atoms with E-state index in [4.69, 9.17) is 10.8 Å². The van der Waals surface area contributed by atoms with E-state index in [-0.39, 0.29) is 6.61 Å². The van der Waals surface area contributed by atoms with Gasteiger partial charge in [-0.05, 0) is 6.42 Å². The second kappa shape index (κ2) is 6.34. The molecule has 11 heavy (non-hydrogen) atoms. The van der Waals surface area contributed by atoms with Crippen molar-refractivity contribution in [3.63, 3.8) is 0 Å². The third-order valence-electron chi connectivity index (χ3n) is 1.44. The van der Waals surface area contributed by atoms with E-state index in [2.05, 4.69) is 6.92 Å². The Balaban J connectivity index is 3.57. The second-order valence-corrected chi connectivity index (χ2v) is 2.55. The van der Waals surface area contributed by atoms with Gasteiger partial charge in [0.2, 0.25) is 0 Å². The molecule has 4 N–H and O–H groups in total. The molecule has 0 radical (unpaired) electrons. The van der Waals surface area contributed by atoms with Gasteiger partial charge in [-0.3, -0.25) is 0 Å². The largest absolute Gasteiger partial charge is 0.395 e. The molecular formula is C8H17NO2. The second-order valence-electron chi connectivity index (χ2n) is 2.55. The zero-order valence-corrected chi connectivity index (χ0v) is 6.90. The molecule has 0 aromatic rings. The lowest BCUT2D eigenvalue weighted by molar-refractivity contribution is 0.144. The summed E-state index contributed by atoms with van der Waals surface area (Å²) in [6.07, 6.45) is 4.78. The normalized spacial score (nSPS) is 17.1. The van der Waals surface area contributed by atoms with E-state index in [1.54, 1.807) is 6.08 Å². The van der Waals surface area contributed by atoms with Crippen molar-refractivity contribution in [2.75, 3.05) is 6.61 Å². The van der Waals surface area contributed by atoms with E-state index in [1.165, 1.54) is 0 Å². The predicted molar refractivity (Wildman–Crippen MR) is 45.1 cm³/mol. The maximum absolute atomic E-state index is 9.17. The van der Waals surface area contributed by atoms with Gasteiger partial charge in [-0.1, -0.05) is 25.5 Å². The van der Waals surface area contributed by atoms with Crippen molar-refractivity contribution >= 4 is 0 Å². The fraction of sp³-hybridized carbons (Fsp3) is 0.750. The van der Waals surface area contributed by atoms with Crippen LogP contribution in [0.4, 0.5) is 0 Å². The molecule has 0 spiro atoms.